The molecule has 2 heterocycles. The summed E-state index contributed by atoms with van der Waals surface area (Å²) in [7, 11) is 0. The third-order valence-corrected chi connectivity index (χ3v) is 5.62. The molecule has 1 unspecified atom stereocenters. The molecule has 1 aromatic carbocycles. The first-order valence-corrected chi connectivity index (χ1v) is 9.22. The molecule has 0 aromatic heterocycles. The second-order valence-electron chi connectivity index (χ2n) is 7.41. The van der Waals surface area contributed by atoms with Crippen molar-refractivity contribution in [2.75, 3.05) is 50.7 Å². The monoisotopic (exact) mass is 329 g/mol. The van der Waals surface area contributed by atoms with Gasteiger partial charge < -0.3 is 10.0 Å². The Morgan fingerprint density at radius 1 is 1.08 bits per heavy atom. The van der Waals surface area contributed by atoms with E-state index >= 15 is 0 Å². The van der Waals surface area contributed by atoms with Crippen LogP contribution in [0.15, 0.2) is 24.3 Å². The number of fused-ring (bicyclic) bond motifs is 1. The molecule has 1 N–H and O–H groups in total. The summed E-state index contributed by atoms with van der Waals surface area (Å²) in [5, 5.41) is 10.1. The number of carbonyl (C=O) groups is 1. The molecule has 2 aliphatic heterocycles. The van der Waals surface area contributed by atoms with Crippen LogP contribution in [0.1, 0.15) is 18.4 Å². The van der Waals surface area contributed by atoms with Gasteiger partial charge in [-0.05, 0) is 36.8 Å². The number of hydrogen-bond acceptors (Lipinski definition) is 4. The van der Waals surface area contributed by atoms with E-state index in [1.54, 1.807) is 0 Å². The van der Waals surface area contributed by atoms with Crippen LogP contribution in [0.25, 0.3) is 0 Å². The summed E-state index contributed by atoms with van der Waals surface area (Å²) in [6.07, 6.45) is 3.19. The van der Waals surface area contributed by atoms with Gasteiger partial charge in [-0.15, -0.1) is 0 Å². The molecule has 5 heteroatoms. The van der Waals surface area contributed by atoms with Crippen LogP contribution in [0.3, 0.4) is 0 Å². The first kappa shape index (κ1) is 16.1. The minimum Gasteiger partial charge on any atom is -0.392 e. The molecule has 2 fully saturated rings. The number of carbonyl (C=O) groups excluding carboxylic acids is 1. The second kappa shape index (κ2) is 6.82. The van der Waals surface area contributed by atoms with Gasteiger partial charge in [0, 0.05) is 45.0 Å². The van der Waals surface area contributed by atoms with Crippen molar-refractivity contribution >= 4 is 11.6 Å². The van der Waals surface area contributed by atoms with E-state index in [9.17, 15) is 9.90 Å². The Kier molecular flexibility index (Phi) is 4.57. The predicted octanol–water partition coefficient (Wildman–Crippen LogP) is 0.964. The van der Waals surface area contributed by atoms with Crippen LogP contribution in [0.5, 0.6) is 0 Å². The first-order valence-electron chi connectivity index (χ1n) is 9.22. The zero-order valence-electron chi connectivity index (χ0n) is 14.2. The van der Waals surface area contributed by atoms with E-state index in [1.165, 1.54) is 18.4 Å². The number of aliphatic hydroxyl groups excluding tert-OH is 1. The van der Waals surface area contributed by atoms with E-state index in [0.29, 0.717) is 12.5 Å². The Bertz CT molecular complexity index is 594. The first-order chi connectivity index (χ1) is 11.7. The van der Waals surface area contributed by atoms with Gasteiger partial charge in [0.2, 0.25) is 5.91 Å². The van der Waals surface area contributed by atoms with E-state index in [2.05, 4.69) is 21.9 Å². The van der Waals surface area contributed by atoms with Crippen LogP contribution >= 0.6 is 0 Å². The largest absolute Gasteiger partial charge is 0.392 e. The van der Waals surface area contributed by atoms with Crippen molar-refractivity contribution in [3.63, 3.8) is 0 Å². The fraction of sp³-hybridized carbons (Fsp3) is 0.632. The molecule has 0 spiro atoms. The number of anilines is 1. The highest BCUT2D eigenvalue weighted by molar-refractivity contribution is 5.96. The molecular weight excluding hydrogens is 302 g/mol. The Morgan fingerprint density at radius 2 is 1.79 bits per heavy atom. The Balaban J connectivity index is 1.26. The fourth-order valence-corrected chi connectivity index (χ4v) is 3.90. The second-order valence-corrected chi connectivity index (χ2v) is 7.41. The summed E-state index contributed by atoms with van der Waals surface area (Å²) in [5.41, 5.74) is 2.37. The fourth-order valence-electron chi connectivity index (χ4n) is 3.90. The molecule has 24 heavy (non-hydrogen) atoms. The maximum Gasteiger partial charge on any atom is 0.241 e. The van der Waals surface area contributed by atoms with Crippen LogP contribution in [-0.4, -0.2) is 72.7 Å². The summed E-state index contributed by atoms with van der Waals surface area (Å²) in [4.78, 5) is 19.2. The molecule has 130 valence electrons. The number of piperazine rings is 1. The van der Waals surface area contributed by atoms with Gasteiger partial charge in [-0.3, -0.25) is 14.6 Å². The molecule has 1 saturated heterocycles. The highest BCUT2D eigenvalue weighted by Gasteiger charge is 2.32. The Hall–Kier alpha value is -1.43. The average Bonchev–Trinajstić information content (AvgIpc) is 3.36. The molecule has 4 rings (SSSR count). The van der Waals surface area contributed by atoms with Crippen molar-refractivity contribution in [1.82, 2.24) is 9.80 Å². The highest BCUT2D eigenvalue weighted by Crippen LogP contribution is 2.33. The molecule has 1 amide bonds. The molecule has 1 saturated carbocycles. The lowest BCUT2D eigenvalue weighted by Gasteiger charge is -2.35. The SMILES string of the molecule is O=C(CN1CCN(CC(O)C2CC2)CC1)N1CCc2ccccc21. The Morgan fingerprint density at radius 3 is 2.54 bits per heavy atom. The third-order valence-electron chi connectivity index (χ3n) is 5.62. The number of β-amino-alcohol motifs (C(OH)–C–C–N with tert-alkyl or cyclic N) is 1. The average molecular weight is 329 g/mol. The zero-order chi connectivity index (χ0) is 16.5. The van der Waals surface area contributed by atoms with Gasteiger partial charge in [0.15, 0.2) is 0 Å². The lowest BCUT2D eigenvalue weighted by Crippen LogP contribution is -2.51. The van der Waals surface area contributed by atoms with Crippen LogP contribution in [0, 0.1) is 5.92 Å². The van der Waals surface area contributed by atoms with Gasteiger partial charge in [0.25, 0.3) is 0 Å². The van der Waals surface area contributed by atoms with Crippen molar-refractivity contribution in [1.29, 1.82) is 0 Å². The maximum absolute atomic E-state index is 12.7. The number of hydrogen-bond donors (Lipinski definition) is 1. The number of para-hydroxylation sites is 1. The van der Waals surface area contributed by atoms with Gasteiger partial charge in [-0.1, -0.05) is 18.2 Å². The molecule has 5 nitrogen and oxygen atoms in total. The van der Waals surface area contributed by atoms with Crippen molar-refractivity contribution in [3.8, 4) is 0 Å². The predicted molar refractivity (Wildman–Crippen MR) is 94.1 cm³/mol. The van der Waals surface area contributed by atoms with E-state index < -0.39 is 0 Å². The quantitative estimate of drug-likeness (QED) is 0.874. The van der Waals surface area contributed by atoms with Crippen LogP contribution < -0.4 is 4.90 Å². The van der Waals surface area contributed by atoms with Crippen molar-refractivity contribution in [2.45, 2.75) is 25.4 Å². The van der Waals surface area contributed by atoms with E-state index in [1.807, 2.05) is 17.0 Å². The smallest absolute Gasteiger partial charge is 0.241 e. The van der Waals surface area contributed by atoms with Crippen LogP contribution in [0.2, 0.25) is 0 Å². The van der Waals surface area contributed by atoms with E-state index in [0.717, 1.165) is 51.4 Å². The van der Waals surface area contributed by atoms with Gasteiger partial charge in [-0.25, -0.2) is 0 Å². The van der Waals surface area contributed by atoms with Crippen LogP contribution in [0.4, 0.5) is 5.69 Å². The lowest BCUT2D eigenvalue weighted by atomic mass is 10.2. The third kappa shape index (κ3) is 3.48. The summed E-state index contributed by atoms with van der Waals surface area (Å²) >= 11 is 0. The molecular formula is C19H27N3O2. The molecule has 1 atom stereocenters. The zero-order valence-corrected chi connectivity index (χ0v) is 14.2. The van der Waals surface area contributed by atoms with Crippen LogP contribution in [-0.2, 0) is 11.2 Å². The van der Waals surface area contributed by atoms with Gasteiger partial charge in [0.1, 0.15) is 0 Å². The normalized spacial score (nSPS) is 23.3. The highest BCUT2D eigenvalue weighted by atomic mass is 16.3. The van der Waals surface area contributed by atoms with E-state index in [4.69, 9.17) is 0 Å². The minimum atomic E-state index is -0.153. The summed E-state index contributed by atoms with van der Waals surface area (Å²) in [6.45, 7) is 5.85. The number of aliphatic hydroxyl groups is 1. The van der Waals surface area contributed by atoms with Crippen molar-refractivity contribution in [2.24, 2.45) is 5.92 Å². The van der Waals surface area contributed by atoms with E-state index in [-0.39, 0.29) is 12.0 Å². The molecule has 1 aliphatic carbocycles. The number of amides is 1. The maximum atomic E-state index is 12.7. The van der Waals surface area contributed by atoms with Crippen molar-refractivity contribution in [3.05, 3.63) is 29.8 Å². The number of benzene rings is 1. The number of nitrogens with zero attached hydrogens (tertiary/aromatic N) is 3. The summed E-state index contributed by atoms with van der Waals surface area (Å²) in [6, 6.07) is 8.22. The number of rotatable bonds is 5. The Labute approximate surface area is 143 Å². The molecule has 0 radical (unpaired) electrons. The lowest BCUT2D eigenvalue weighted by molar-refractivity contribution is -0.120. The molecule has 0 bridgehead atoms. The summed E-state index contributed by atoms with van der Waals surface area (Å²) in [5.74, 6) is 0.756. The topological polar surface area (TPSA) is 47.0 Å². The van der Waals surface area contributed by atoms with Gasteiger partial charge in [0.05, 0.1) is 12.6 Å². The van der Waals surface area contributed by atoms with Crippen molar-refractivity contribution < 1.29 is 9.90 Å². The summed E-state index contributed by atoms with van der Waals surface area (Å²) < 4.78 is 0. The molecule has 1 aromatic rings. The minimum absolute atomic E-state index is 0.153. The van der Waals surface area contributed by atoms with Gasteiger partial charge >= 0.3 is 0 Å². The standard InChI is InChI=1S/C19H27N3O2/c23-18(16-5-6-16)13-20-9-11-21(12-10-20)14-19(24)22-8-7-15-3-1-2-4-17(15)22/h1-4,16,18,23H,5-14H2. The molecule has 3 aliphatic rings. The van der Waals surface area contributed by atoms with Gasteiger partial charge in [-0.2, -0.15) is 0 Å².